The van der Waals surface area contributed by atoms with Gasteiger partial charge in [-0.15, -0.1) is 0 Å². The Balaban J connectivity index is 1.59. The fourth-order valence-corrected chi connectivity index (χ4v) is 4.45. The third-order valence-corrected chi connectivity index (χ3v) is 6.89. The van der Waals surface area contributed by atoms with E-state index in [0.29, 0.717) is 5.58 Å². The van der Waals surface area contributed by atoms with Gasteiger partial charge in [-0.2, -0.15) is 4.98 Å². The number of likely N-dealkylation sites (N-methyl/N-ethyl adjacent to an activating group) is 1. The first-order valence-electron chi connectivity index (χ1n) is 10.3. The van der Waals surface area contributed by atoms with Crippen molar-refractivity contribution in [1.29, 1.82) is 0 Å². The minimum atomic E-state index is -1.11. The van der Waals surface area contributed by atoms with Crippen molar-refractivity contribution < 1.29 is 23.8 Å². The van der Waals surface area contributed by atoms with Crippen molar-refractivity contribution in [3.05, 3.63) is 32.5 Å². The topological polar surface area (TPSA) is 118 Å². The molecule has 1 aliphatic carbocycles. The summed E-state index contributed by atoms with van der Waals surface area (Å²) in [5, 5.41) is 9.96. The van der Waals surface area contributed by atoms with E-state index in [2.05, 4.69) is 20.9 Å². The summed E-state index contributed by atoms with van der Waals surface area (Å²) in [5.41, 5.74) is 1.96. The van der Waals surface area contributed by atoms with Crippen LogP contribution in [0.25, 0.3) is 22.0 Å². The molecule has 1 aliphatic heterocycles. The average Bonchev–Trinajstić information content (AvgIpc) is 3.52. The normalized spacial score (nSPS) is 19.0. The molecule has 0 radical (unpaired) electrons. The quantitative estimate of drug-likeness (QED) is 0.582. The number of amides is 2. The van der Waals surface area contributed by atoms with Crippen molar-refractivity contribution in [2.24, 2.45) is 0 Å². The molecule has 1 atom stereocenters. The van der Waals surface area contributed by atoms with E-state index in [9.17, 15) is 19.5 Å². The maximum atomic E-state index is 13.3. The summed E-state index contributed by atoms with van der Waals surface area (Å²) in [6.45, 7) is 2.18. The third kappa shape index (κ3) is 3.27. The van der Waals surface area contributed by atoms with E-state index in [-0.39, 0.29) is 42.8 Å². The first-order valence-corrected chi connectivity index (χ1v) is 11.1. The number of fused-ring (bicyclic) bond motifs is 3. The summed E-state index contributed by atoms with van der Waals surface area (Å²) < 4.78 is 14.1. The molecule has 3 heterocycles. The molecule has 2 aromatic heterocycles. The number of benzene rings is 1. The average molecular weight is 505 g/mol. The van der Waals surface area contributed by atoms with Crippen molar-refractivity contribution >= 4 is 55.9 Å². The maximum absolute atomic E-state index is 13.3. The number of carbonyl (C=O) groups excluding carboxylic acids is 1. The van der Waals surface area contributed by atoms with Gasteiger partial charge in [0.15, 0.2) is 17.2 Å². The van der Waals surface area contributed by atoms with Crippen LogP contribution in [0.2, 0.25) is 0 Å². The summed E-state index contributed by atoms with van der Waals surface area (Å²) in [6, 6.07) is 3.86. The van der Waals surface area contributed by atoms with Crippen LogP contribution < -0.4 is 10.5 Å². The molecule has 5 rings (SSSR count). The molecule has 32 heavy (non-hydrogen) atoms. The molecular formula is C21H21BrN4O6. The maximum Gasteiger partial charge on any atom is 0.407 e. The molecular weight excluding hydrogens is 484 g/mol. The van der Waals surface area contributed by atoms with Gasteiger partial charge in [-0.3, -0.25) is 14.5 Å². The van der Waals surface area contributed by atoms with E-state index in [1.165, 1.54) is 11.9 Å². The van der Waals surface area contributed by atoms with Crippen LogP contribution in [0.1, 0.15) is 24.4 Å². The molecule has 2 amide bonds. The predicted molar refractivity (Wildman–Crippen MR) is 119 cm³/mol. The number of ether oxygens (including phenoxy) is 1. The lowest BCUT2D eigenvalue weighted by Crippen LogP contribution is -2.51. The van der Waals surface area contributed by atoms with E-state index in [1.54, 1.807) is 4.57 Å². The van der Waals surface area contributed by atoms with Gasteiger partial charge in [0.2, 0.25) is 0 Å². The smallest absolute Gasteiger partial charge is 0.407 e. The number of anilines is 1. The highest BCUT2D eigenvalue weighted by Crippen LogP contribution is 2.40. The molecule has 0 unspecified atom stereocenters. The molecule has 1 saturated carbocycles. The molecule has 10 nitrogen and oxygen atoms in total. The van der Waals surface area contributed by atoms with Gasteiger partial charge in [0.05, 0.1) is 18.7 Å². The monoisotopic (exact) mass is 504 g/mol. The number of carbonyl (C=O) groups is 2. The Hall–Kier alpha value is -2.92. The Morgan fingerprint density at radius 1 is 1.31 bits per heavy atom. The van der Waals surface area contributed by atoms with Gasteiger partial charge in [0.25, 0.3) is 11.5 Å². The Morgan fingerprint density at radius 2 is 2.06 bits per heavy atom. The van der Waals surface area contributed by atoms with Crippen LogP contribution in [0.4, 0.5) is 10.8 Å². The molecule has 3 aromatic rings. The van der Waals surface area contributed by atoms with Gasteiger partial charge in [-0.1, -0.05) is 15.9 Å². The van der Waals surface area contributed by atoms with Crippen molar-refractivity contribution in [1.82, 2.24) is 14.5 Å². The molecule has 1 saturated heterocycles. The van der Waals surface area contributed by atoms with E-state index < -0.39 is 18.1 Å². The number of aryl methyl sites for hydroxylation is 1. The lowest BCUT2D eigenvalue weighted by atomic mass is 10.1. The van der Waals surface area contributed by atoms with E-state index in [0.717, 1.165) is 38.7 Å². The largest absolute Gasteiger partial charge is 0.465 e. The highest BCUT2D eigenvalue weighted by molar-refractivity contribution is 9.10. The minimum absolute atomic E-state index is 0.0337. The lowest BCUT2D eigenvalue weighted by Gasteiger charge is -2.31. The summed E-state index contributed by atoms with van der Waals surface area (Å²) in [5.74, 6) is -0.492. The molecule has 2 fully saturated rings. The Kier molecular flexibility index (Phi) is 4.97. The zero-order valence-electron chi connectivity index (χ0n) is 17.5. The second-order valence-electron chi connectivity index (χ2n) is 8.13. The number of hydrogen-bond acceptors (Lipinski definition) is 6. The predicted octanol–water partition coefficient (Wildman–Crippen LogP) is 2.89. The van der Waals surface area contributed by atoms with Crippen LogP contribution in [-0.2, 0) is 9.53 Å². The Bertz CT molecular complexity index is 1330. The summed E-state index contributed by atoms with van der Waals surface area (Å²) in [4.78, 5) is 44.2. The van der Waals surface area contributed by atoms with E-state index in [1.807, 2.05) is 19.1 Å². The zero-order valence-corrected chi connectivity index (χ0v) is 19.1. The highest BCUT2D eigenvalue weighted by Gasteiger charge is 2.34. The van der Waals surface area contributed by atoms with Gasteiger partial charge >= 0.3 is 12.1 Å². The fourth-order valence-electron chi connectivity index (χ4n) is 4.13. The van der Waals surface area contributed by atoms with Crippen LogP contribution in [0, 0.1) is 6.92 Å². The number of carboxylic acid groups (broad SMARTS) is 1. The van der Waals surface area contributed by atoms with E-state index in [4.69, 9.17) is 9.15 Å². The SMILES string of the molecule is Cc1c(Br)ccc2c3oc(N(C)C(=O)[C@@H]4CN(C(=O)O)CCO4)nc3c(=O)n(C3CC3)c12. The van der Waals surface area contributed by atoms with Gasteiger partial charge in [-0.25, -0.2) is 4.79 Å². The van der Waals surface area contributed by atoms with Crippen molar-refractivity contribution in [2.75, 3.05) is 31.6 Å². The van der Waals surface area contributed by atoms with Crippen LogP contribution in [-0.4, -0.2) is 64.4 Å². The summed E-state index contributed by atoms with van der Waals surface area (Å²) in [7, 11) is 1.47. The van der Waals surface area contributed by atoms with E-state index >= 15 is 0 Å². The molecule has 1 N–H and O–H groups in total. The Labute approximate surface area is 190 Å². The number of pyridine rings is 1. The number of rotatable bonds is 3. The van der Waals surface area contributed by atoms with Gasteiger partial charge in [-0.05, 0) is 37.5 Å². The van der Waals surface area contributed by atoms with Crippen LogP contribution >= 0.6 is 15.9 Å². The molecule has 11 heteroatoms. The van der Waals surface area contributed by atoms with Crippen LogP contribution in [0.15, 0.2) is 25.8 Å². The number of hydrogen-bond donors (Lipinski definition) is 1. The van der Waals surface area contributed by atoms with Gasteiger partial charge in [0, 0.05) is 29.5 Å². The third-order valence-electron chi connectivity index (χ3n) is 6.03. The Morgan fingerprint density at radius 3 is 2.75 bits per heavy atom. The van der Waals surface area contributed by atoms with Crippen molar-refractivity contribution in [3.8, 4) is 0 Å². The van der Waals surface area contributed by atoms with Crippen LogP contribution in [0.3, 0.4) is 0 Å². The number of oxazole rings is 1. The summed E-state index contributed by atoms with van der Waals surface area (Å²) >= 11 is 3.54. The highest BCUT2D eigenvalue weighted by atomic mass is 79.9. The van der Waals surface area contributed by atoms with Gasteiger partial charge < -0.3 is 23.7 Å². The molecule has 0 spiro atoms. The number of morpholine rings is 1. The second kappa shape index (κ2) is 7.59. The van der Waals surface area contributed by atoms with Crippen LogP contribution in [0.5, 0.6) is 0 Å². The molecule has 2 aliphatic rings. The number of nitrogens with zero attached hydrogens (tertiary/aromatic N) is 4. The second-order valence-corrected chi connectivity index (χ2v) is 8.99. The first-order chi connectivity index (χ1) is 15.3. The molecule has 1 aromatic carbocycles. The lowest BCUT2D eigenvalue weighted by molar-refractivity contribution is -0.134. The van der Waals surface area contributed by atoms with Gasteiger partial charge in [0.1, 0.15) is 0 Å². The number of halogens is 1. The van der Waals surface area contributed by atoms with Crippen molar-refractivity contribution in [2.45, 2.75) is 31.9 Å². The van der Waals surface area contributed by atoms with Crippen molar-refractivity contribution in [3.63, 3.8) is 0 Å². The number of aromatic nitrogens is 2. The molecule has 168 valence electrons. The minimum Gasteiger partial charge on any atom is -0.465 e. The summed E-state index contributed by atoms with van der Waals surface area (Å²) in [6.07, 6.45) is -0.231. The first kappa shape index (κ1) is 21.0. The molecule has 0 bridgehead atoms. The zero-order chi connectivity index (χ0) is 22.7. The standard InChI is InChI=1S/C21H21BrN4O6/c1-10-13(22)6-5-12-16(10)26(11-3-4-11)19(28)15-17(12)32-20(23-15)24(2)18(27)14-9-25(21(29)30)7-8-31-14/h5-6,11,14H,3-4,7-9H2,1-2H3,(H,29,30)/t14-/m0/s1. The fraction of sp³-hybridized carbons (Fsp3) is 0.429.